The molecule has 0 spiro atoms. The van der Waals surface area contributed by atoms with E-state index in [1.54, 1.807) is 29.0 Å². The molecule has 0 unspecified atom stereocenters. The van der Waals surface area contributed by atoms with Gasteiger partial charge in [-0.2, -0.15) is 4.52 Å². The van der Waals surface area contributed by atoms with E-state index >= 15 is 0 Å². The monoisotopic (exact) mass is 409 g/mol. The molecule has 8 nitrogen and oxygen atoms in total. The normalized spacial score (nSPS) is 10.9. The van der Waals surface area contributed by atoms with Gasteiger partial charge in [-0.15, -0.1) is 15.3 Å². The fourth-order valence-electron chi connectivity index (χ4n) is 2.80. The van der Waals surface area contributed by atoms with Crippen LogP contribution in [-0.4, -0.2) is 30.7 Å². The molecule has 1 amide bonds. The van der Waals surface area contributed by atoms with Crippen molar-refractivity contribution in [3.8, 4) is 0 Å². The number of nitrogens with one attached hydrogen (secondary N) is 2. The minimum atomic E-state index is -1.02. The summed E-state index contributed by atoms with van der Waals surface area (Å²) < 4.78 is 27.8. The van der Waals surface area contributed by atoms with Gasteiger partial charge < -0.3 is 10.6 Å². The first-order valence-corrected chi connectivity index (χ1v) is 9.17. The van der Waals surface area contributed by atoms with Gasteiger partial charge >= 0.3 is 0 Å². The number of nitrogens with zero attached hydrogens (tertiary/aromatic N) is 5. The molecule has 0 aliphatic heterocycles. The van der Waals surface area contributed by atoms with Crippen LogP contribution in [0.15, 0.2) is 54.9 Å². The highest BCUT2D eigenvalue weighted by molar-refractivity contribution is 5.90. The first-order chi connectivity index (χ1) is 14.6. The number of benzene rings is 1. The van der Waals surface area contributed by atoms with Gasteiger partial charge in [0, 0.05) is 43.5 Å². The molecular weight excluding hydrogens is 392 g/mol. The predicted octanol–water partition coefficient (Wildman–Crippen LogP) is 2.98. The molecule has 0 aliphatic rings. The number of hydrogen-bond acceptors (Lipinski definition) is 6. The molecule has 1 aromatic carbocycles. The van der Waals surface area contributed by atoms with Crippen molar-refractivity contribution in [2.45, 2.75) is 19.4 Å². The second-order valence-corrected chi connectivity index (χ2v) is 6.50. The van der Waals surface area contributed by atoms with Gasteiger partial charge in [-0.25, -0.2) is 8.78 Å². The van der Waals surface area contributed by atoms with Gasteiger partial charge in [0.25, 0.3) is 0 Å². The van der Waals surface area contributed by atoms with Gasteiger partial charge in [-0.1, -0.05) is 6.07 Å². The molecule has 0 bridgehead atoms. The Morgan fingerprint density at radius 1 is 1.07 bits per heavy atom. The van der Waals surface area contributed by atoms with Crippen LogP contribution in [0.1, 0.15) is 17.8 Å². The summed E-state index contributed by atoms with van der Waals surface area (Å²) >= 11 is 0. The van der Waals surface area contributed by atoms with Crippen LogP contribution in [-0.2, 0) is 17.8 Å². The molecule has 2 N–H and O–H groups in total. The lowest BCUT2D eigenvalue weighted by molar-refractivity contribution is -0.116. The summed E-state index contributed by atoms with van der Waals surface area (Å²) in [6.07, 6.45) is 3.83. The Balaban J connectivity index is 1.39. The van der Waals surface area contributed by atoms with Crippen molar-refractivity contribution >= 4 is 23.1 Å². The number of anilines is 2. The van der Waals surface area contributed by atoms with Gasteiger partial charge in [0.15, 0.2) is 23.1 Å². The van der Waals surface area contributed by atoms with Gasteiger partial charge in [-0.05, 0) is 35.9 Å². The molecule has 3 aromatic heterocycles. The van der Waals surface area contributed by atoms with Crippen molar-refractivity contribution in [2.24, 2.45) is 0 Å². The number of carbonyl (C=O) groups excluding carboxylic acids is 1. The number of fused-ring (bicyclic) bond motifs is 1. The summed E-state index contributed by atoms with van der Waals surface area (Å²) in [6.45, 7) is 0.556. The quantitative estimate of drug-likeness (QED) is 0.487. The molecule has 3 heterocycles. The standard InChI is InChI=1S/C20H17F2N7O/c21-15-4-3-14(10-16(15)22)25-20(30)8-7-19-27-26-18-6-5-17(28-29(18)19)24-12-13-2-1-9-23-11-13/h1-6,9-11H,7-8,12H2,(H,24,28)(H,25,30). The van der Waals surface area contributed by atoms with Crippen molar-refractivity contribution < 1.29 is 13.6 Å². The van der Waals surface area contributed by atoms with Gasteiger partial charge in [-0.3, -0.25) is 9.78 Å². The third-order valence-electron chi connectivity index (χ3n) is 4.30. The summed E-state index contributed by atoms with van der Waals surface area (Å²) in [5.74, 6) is -1.22. The number of amides is 1. The Hall–Kier alpha value is -3.95. The van der Waals surface area contributed by atoms with Crippen LogP contribution in [0.25, 0.3) is 5.65 Å². The number of hydrogen-bond donors (Lipinski definition) is 2. The van der Waals surface area contributed by atoms with E-state index in [0.717, 1.165) is 17.7 Å². The third-order valence-corrected chi connectivity index (χ3v) is 4.30. The Morgan fingerprint density at radius 2 is 1.97 bits per heavy atom. The zero-order chi connectivity index (χ0) is 20.9. The highest BCUT2D eigenvalue weighted by Gasteiger charge is 2.11. The molecule has 4 aromatic rings. The minimum absolute atomic E-state index is 0.0782. The van der Waals surface area contributed by atoms with Crippen LogP contribution in [0.2, 0.25) is 0 Å². The molecule has 0 saturated carbocycles. The lowest BCUT2D eigenvalue weighted by atomic mass is 10.2. The maximum Gasteiger partial charge on any atom is 0.224 e. The lowest BCUT2D eigenvalue weighted by Gasteiger charge is -2.07. The van der Waals surface area contributed by atoms with Gasteiger partial charge in [0.1, 0.15) is 5.82 Å². The summed E-state index contributed by atoms with van der Waals surface area (Å²) in [4.78, 5) is 16.2. The number of aromatic nitrogens is 5. The van der Waals surface area contributed by atoms with Crippen molar-refractivity contribution in [3.05, 3.63) is 77.9 Å². The molecule has 0 aliphatic carbocycles. The zero-order valence-electron chi connectivity index (χ0n) is 15.7. The predicted molar refractivity (Wildman–Crippen MR) is 106 cm³/mol. The van der Waals surface area contributed by atoms with Crippen LogP contribution < -0.4 is 10.6 Å². The largest absolute Gasteiger partial charge is 0.364 e. The average molecular weight is 409 g/mol. The van der Waals surface area contributed by atoms with Crippen LogP contribution in [0.3, 0.4) is 0 Å². The molecule has 152 valence electrons. The molecule has 0 atom stereocenters. The summed E-state index contributed by atoms with van der Waals surface area (Å²) in [5, 5.41) is 18.3. The highest BCUT2D eigenvalue weighted by Crippen LogP contribution is 2.14. The van der Waals surface area contributed by atoms with Crippen molar-refractivity contribution in [1.29, 1.82) is 0 Å². The van der Waals surface area contributed by atoms with E-state index in [0.29, 0.717) is 23.8 Å². The SMILES string of the molecule is O=C(CCc1nnc2ccc(NCc3cccnc3)nn12)Nc1ccc(F)c(F)c1. The molecular formula is C20H17F2N7O. The number of carbonyl (C=O) groups is 1. The Morgan fingerprint density at radius 3 is 2.77 bits per heavy atom. The molecule has 10 heteroatoms. The van der Waals surface area contributed by atoms with E-state index in [1.807, 2.05) is 12.1 Å². The summed E-state index contributed by atoms with van der Waals surface area (Å²) in [5.41, 5.74) is 1.75. The Labute approximate surface area is 170 Å². The van der Waals surface area contributed by atoms with E-state index in [2.05, 4.69) is 30.9 Å². The fourth-order valence-corrected chi connectivity index (χ4v) is 2.80. The van der Waals surface area contributed by atoms with E-state index < -0.39 is 11.6 Å². The van der Waals surface area contributed by atoms with Crippen LogP contribution in [0, 0.1) is 11.6 Å². The second-order valence-electron chi connectivity index (χ2n) is 6.50. The van der Waals surface area contributed by atoms with Gasteiger partial charge in [0.05, 0.1) is 0 Å². The molecule has 30 heavy (non-hydrogen) atoms. The van der Waals surface area contributed by atoms with E-state index in [-0.39, 0.29) is 24.4 Å². The maximum absolute atomic E-state index is 13.3. The lowest BCUT2D eigenvalue weighted by Crippen LogP contribution is -2.14. The number of aryl methyl sites for hydroxylation is 1. The molecule has 0 radical (unpaired) electrons. The highest BCUT2D eigenvalue weighted by atomic mass is 19.2. The Kier molecular flexibility index (Phi) is 5.55. The fraction of sp³-hybridized carbons (Fsp3) is 0.150. The van der Waals surface area contributed by atoms with E-state index in [9.17, 15) is 13.6 Å². The summed E-state index contributed by atoms with van der Waals surface area (Å²) in [6, 6.07) is 10.6. The first kappa shape index (κ1) is 19.4. The van der Waals surface area contributed by atoms with E-state index in [4.69, 9.17) is 0 Å². The number of rotatable bonds is 7. The number of halogens is 2. The molecule has 4 rings (SSSR count). The van der Waals surface area contributed by atoms with Crippen molar-refractivity contribution in [2.75, 3.05) is 10.6 Å². The molecule has 0 fully saturated rings. The van der Waals surface area contributed by atoms with Crippen molar-refractivity contribution in [1.82, 2.24) is 24.8 Å². The van der Waals surface area contributed by atoms with Crippen LogP contribution in [0.5, 0.6) is 0 Å². The van der Waals surface area contributed by atoms with Crippen LogP contribution in [0.4, 0.5) is 20.3 Å². The third kappa shape index (κ3) is 4.54. The van der Waals surface area contributed by atoms with Crippen LogP contribution >= 0.6 is 0 Å². The second kappa shape index (κ2) is 8.60. The number of pyridine rings is 1. The summed E-state index contributed by atoms with van der Waals surface area (Å²) in [7, 11) is 0. The zero-order valence-corrected chi connectivity index (χ0v) is 15.7. The maximum atomic E-state index is 13.3. The van der Waals surface area contributed by atoms with E-state index in [1.165, 1.54) is 6.07 Å². The average Bonchev–Trinajstić information content (AvgIpc) is 3.16. The minimum Gasteiger partial charge on any atom is -0.364 e. The topological polar surface area (TPSA) is 97.1 Å². The van der Waals surface area contributed by atoms with Crippen molar-refractivity contribution in [3.63, 3.8) is 0 Å². The molecule has 0 saturated heterocycles. The Bertz CT molecular complexity index is 1180. The van der Waals surface area contributed by atoms with Gasteiger partial charge in [0.2, 0.25) is 5.91 Å². The smallest absolute Gasteiger partial charge is 0.224 e. The first-order valence-electron chi connectivity index (χ1n) is 9.17.